The number of rotatable bonds is 1. The fourth-order valence-electron chi connectivity index (χ4n) is 4.07. The van der Waals surface area contributed by atoms with E-state index in [1.54, 1.807) is 0 Å². The first-order valence-electron chi connectivity index (χ1n) is 12.0. The number of nitrogens with zero attached hydrogens (tertiary/aromatic N) is 1. The maximum atomic E-state index is 9.99. The van der Waals surface area contributed by atoms with Crippen LogP contribution in [0.5, 0.6) is 11.5 Å². The topological polar surface area (TPSA) is 54.8 Å². The highest BCUT2D eigenvalue weighted by Gasteiger charge is 2.53. The molecular weight excluding hydrogens is 374 g/mol. The quantitative estimate of drug-likeness (QED) is 0.449. The van der Waals surface area contributed by atoms with Gasteiger partial charge < -0.3 is 14.2 Å². The van der Waals surface area contributed by atoms with Crippen molar-refractivity contribution in [1.82, 2.24) is 0 Å². The van der Waals surface area contributed by atoms with Gasteiger partial charge in [0.1, 0.15) is 13.2 Å². The minimum atomic E-state index is -0.472. The number of aryl methyl sites for hydroxylation is 2. The molecule has 1 aromatic rings. The van der Waals surface area contributed by atoms with Crippen LogP contribution in [0.25, 0.3) is 0 Å². The second-order valence-electron chi connectivity index (χ2n) is 6.91. The second-order valence-corrected chi connectivity index (χ2v) is 6.91. The molecule has 0 amide bonds. The van der Waals surface area contributed by atoms with E-state index in [9.17, 15) is 5.26 Å². The van der Waals surface area contributed by atoms with Crippen molar-refractivity contribution in [3.8, 4) is 17.6 Å². The maximum Gasteiger partial charge on any atom is 0.166 e. The van der Waals surface area contributed by atoms with Crippen LogP contribution in [-0.4, -0.2) is 25.4 Å². The third-order valence-electron chi connectivity index (χ3n) is 5.45. The highest BCUT2D eigenvalue weighted by molar-refractivity contribution is 5.60. The molecule has 1 spiro atoms. The zero-order chi connectivity index (χ0) is 23.4. The van der Waals surface area contributed by atoms with Gasteiger partial charge in [-0.05, 0) is 50.7 Å². The zero-order valence-corrected chi connectivity index (χ0v) is 21.2. The first kappa shape index (κ1) is 28.3. The predicted molar refractivity (Wildman–Crippen MR) is 127 cm³/mol. The molecule has 1 aliphatic carbocycles. The van der Waals surface area contributed by atoms with Crippen molar-refractivity contribution in [3.63, 3.8) is 0 Å². The molecule has 0 bridgehead atoms. The molecule has 0 unspecified atom stereocenters. The standard InChI is InChI=1S/C18H21NO3.4C2H6/c1-12-9-13(2)15-16(21-8-7-20-15)14(12)17(10-19)3-5-18(6-4-17)11-22-18;4*1-2/h9H,3-8,11H2,1-2H3;4*1-2H3. The van der Waals surface area contributed by atoms with Gasteiger partial charge in [-0.3, -0.25) is 0 Å². The Kier molecular flexibility index (Phi) is 12.8. The summed E-state index contributed by atoms with van der Waals surface area (Å²) in [7, 11) is 0. The summed E-state index contributed by atoms with van der Waals surface area (Å²) < 4.78 is 17.4. The van der Waals surface area contributed by atoms with Crippen LogP contribution in [0.1, 0.15) is 97.8 Å². The van der Waals surface area contributed by atoms with Crippen LogP contribution in [0.4, 0.5) is 0 Å². The lowest BCUT2D eigenvalue weighted by Crippen LogP contribution is -2.35. The predicted octanol–water partition coefficient (Wildman–Crippen LogP) is 7.28. The van der Waals surface area contributed by atoms with E-state index in [2.05, 4.69) is 19.1 Å². The average molecular weight is 420 g/mol. The lowest BCUT2D eigenvalue weighted by Gasteiger charge is -2.37. The van der Waals surface area contributed by atoms with Crippen molar-refractivity contribution in [2.45, 2.75) is 106 Å². The van der Waals surface area contributed by atoms with Gasteiger partial charge >= 0.3 is 0 Å². The van der Waals surface area contributed by atoms with Crippen LogP contribution in [0, 0.1) is 25.2 Å². The molecule has 2 fully saturated rings. The molecule has 0 radical (unpaired) electrons. The fourth-order valence-corrected chi connectivity index (χ4v) is 4.07. The molecular formula is C26H45NO3. The Morgan fingerprint density at radius 2 is 1.23 bits per heavy atom. The Balaban J connectivity index is 0.000000948. The Morgan fingerprint density at radius 3 is 1.67 bits per heavy atom. The molecule has 30 heavy (non-hydrogen) atoms. The van der Waals surface area contributed by atoms with E-state index in [0.29, 0.717) is 13.2 Å². The third kappa shape index (κ3) is 5.91. The summed E-state index contributed by atoms with van der Waals surface area (Å²) in [5.74, 6) is 1.63. The van der Waals surface area contributed by atoms with E-state index < -0.39 is 5.41 Å². The van der Waals surface area contributed by atoms with Gasteiger partial charge in [0.2, 0.25) is 0 Å². The summed E-state index contributed by atoms with van der Waals surface area (Å²) in [5.41, 5.74) is 2.87. The summed E-state index contributed by atoms with van der Waals surface area (Å²) >= 11 is 0. The van der Waals surface area contributed by atoms with Crippen LogP contribution in [0.2, 0.25) is 0 Å². The Hall–Kier alpha value is -1.73. The molecule has 1 aromatic carbocycles. The van der Waals surface area contributed by atoms with Gasteiger partial charge in [-0.2, -0.15) is 5.26 Å². The lowest BCUT2D eigenvalue weighted by molar-refractivity contribution is 0.160. The second kappa shape index (κ2) is 13.5. The van der Waals surface area contributed by atoms with Gasteiger partial charge in [0.15, 0.2) is 11.5 Å². The first-order chi connectivity index (χ1) is 14.6. The van der Waals surface area contributed by atoms with E-state index in [-0.39, 0.29) is 5.60 Å². The van der Waals surface area contributed by atoms with E-state index in [1.165, 1.54) is 0 Å². The van der Waals surface area contributed by atoms with Crippen LogP contribution < -0.4 is 9.47 Å². The van der Waals surface area contributed by atoms with Gasteiger partial charge in [0.25, 0.3) is 0 Å². The number of benzene rings is 1. The van der Waals surface area contributed by atoms with Crippen molar-refractivity contribution in [3.05, 3.63) is 22.8 Å². The van der Waals surface area contributed by atoms with Gasteiger partial charge in [0, 0.05) is 5.56 Å². The van der Waals surface area contributed by atoms with Crippen molar-refractivity contribution >= 4 is 0 Å². The van der Waals surface area contributed by atoms with Crippen molar-refractivity contribution in [1.29, 1.82) is 5.26 Å². The molecule has 0 aromatic heterocycles. The van der Waals surface area contributed by atoms with Gasteiger partial charge in [-0.1, -0.05) is 61.5 Å². The molecule has 0 N–H and O–H groups in total. The smallest absolute Gasteiger partial charge is 0.166 e. The molecule has 172 valence electrons. The normalized spacial score (nSPS) is 24.7. The molecule has 4 rings (SSSR count). The van der Waals surface area contributed by atoms with Crippen molar-refractivity contribution < 1.29 is 14.2 Å². The lowest BCUT2D eigenvalue weighted by atomic mass is 9.66. The van der Waals surface area contributed by atoms with Crippen molar-refractivity contribution in [2.75, 3.05) is 19.8 Å². The van der Waals surface area contributed by atoms with Gasteiger partial charge in [-0.15, -0.1) is 0 Å². The molecule has 4 heteroatoms. The molecule has 3 aliphatic rings. The van der Waals surface area contributed by atoms with E-state index in [1.807, 2.05) is 62.3 Å². The third-order valence-corrected chi connectivity index (χ3v) is 5.45. The van der Waals surface area contributed by atoms with E-state index in [0.717, 1.165) is 60.5 Å². The summed E-state index contributed by atoms with van der Waals surface area (Å²) in [6, 6.07) is 4.74. The number of fused-ring (bicyclic) bond motifs is 1. The van der Waals surface area contributed by atoms with Gasteiger partial charge in [0.05, 0.1) is 23.7 Å². The average Bonchev–Trinajstić information content (AvgIpc) is 3.60. The maximum absolute atomic E-state index is 9.99. The number of nitriles is 1. The van der Waals surface area contributed by atoms with E-state index >= 15 is 0 Å². The largest absolute Gasteiger partial charge is 0.486 e. The highest BCUT2D eigenvalue weighted by atomic mass is 16.6. The summed E-state index contributed by atoms with van der Waals surface area (Å²) in [5, 5.41) is 9.99. The molecule has 1 saturated carbocycles. The van der Waals surface area contributed by atoms with Gasteiger partial charge in [-0.25, -0.2) is 0 Å². The first-order valence-corrected chi connectivity index (χ1v) is 12.0. The summed E-state index contributed by atoms with van der Waals surface area (Å²) in [4.78, 5) is 0. The van der Waals surface area contributed by atoms with Crippen LogP contribution >= 0.6 is 0 Å². The fraction of sp³-hybridized carbons (Fsp3) is 0.731. The number of hydrogen-bond acceptors (Lipinski definition) is 4. The Bertz CT molecular complexity index is 662. The zero-order valence-electron chi connectivity index (χ0n) is 21.2. The minimum absolute atomic E-state index is 0.0797. The summed E-state index contributed by atoms with van der Waals surface area (Å²) in [6.07, 6.45) is 3.60. The Morgan fingerprint density at radius 1 is 0.767 bits per heavy atom. The van der Waals surface area contributed by atoms with Crippen LogP contribution in [0.3, 0.4) is 0 Å². The number of hydrogen-bond donors (Lipinski definition) is 0. The minimum Gasteiger partial charge on any atom is -0.486 e. The highest BCUT2D eigenvalue weighted by Crippen LogP contribution is 2.54. The molecule has 0 atom stereocenters. The van der Waals surface area contributed by atoms with Crippen LogP contribution in [-0.2, 0) is 10.2 Å². The molecule has 2 heterocycles. The SMILES string of the molecule is CC.CC.CC.CC.Cc1cc(C)c(C2(C#N)CCC3(CC2)CO3)c2c1OCCO2. The Labute approximate surface area is 185 Å². The monoisotopic (exact) mass is 419 g/mol. The molecule has 4 nitrogen and oxygen atoms in total. The van der Waals surface area contributed by atoms with E-state index in [4.69, 9.17) is 14.2 Å². The number of ether oxygens (including phenoxy) is 3. The van der Waals surface area contributed by atoms with Crippen molar-refractivity contribution in [2.24, 2.45) is 0 Å². The van der Waals surface area contributed by atoms with Crippen LogP contribution in [0.15, 0.2) is 6.07 Å². The molecule has 2 aliphatic heterocycles. The number of epoxide rings is 1. The summed E-state index contributed by atoms with van der Waals surface area (Å²) in [6.45, 7) is 22.1. The molecule has 1 saturated heterocycles.